The van der Waals surface area contributed by atoms with E-state index >= 15 is 0 Å². The van der Waals surface area contributed by atoms with Crippen LogP contribution in [-0.4, -0.2) is 41.1 Å². The molecular formula is C19H25N3O3. The van der Waals surface area contributed by atoms with Crippen molar-refractivity contribution < 1.29 is 14.4 Å². The molecule has 0 aliphatic carbocycles. The number of benzene rings is 1. The summed E-state index contributed by atoms with van der Waals surface area (Å²) in [6.07, 6.45) is 0. The first-order valence-corrected chi connectivity index (χ1v) is 8.29. The molecule has 0 fully saturated rings. The minimum Gasteiger partial charge on any atom is -0.347 e. The predicted molar refractivity (Wildman–Crippen MR) is 95.0 cm³/mol. The van der Waals surface area contributed by atoms with Crippen molar-refractivity contribution in [3.8, 4) is 6.07 Å². The molecule has 0 aliphatic heterocycles. The SMILES string of the molecule is CCN(CC)C(=O)[C@@H](C#N)C(=O)c1ccc(C(=O)NC(C)(C)C)cc1. The summed E-state index contributed by atoms with van der Waals surface area (Å²) >= 11 is 0. The number of amides is 2. The largest absolute Gasteiger partial charge is 0.347 e. The van der Waals surface area contributed by atoms with E-state index in [2.05, 4.69) is 5.32 Å². The molecule has 25 heavy (non-hydrogen) atoms. The maximum Gasteiger partial charge on any atom is 0.251 e. The minimum atomic E-state index is -1.37. The molecule has 1 aromatic rings. The molecule has 1 aromatic carbocycles. The number of nitrogens with zero attached hydrogens (tertiary/aromatic N) is 2. The molecule has 0 heterocycles. The summed E-state index contributed by atoms with van der Waals surface area (Å²) in [4.78, 5) is 38.3. The molecule has 1 rings (SSSR count). The first-order valence-electron chi connectivity index (χ1n) is 8.29. The van der Waals surface area contributed by atoms with Gasteiger partial charge in [-0.25, -0.2) is 0 Å². The monoisotopic (exact) mass is 343 g/mol. The van der Waals surface area contributed by atoms with Crippen LogP contribution in [0.4, 0.5) is 0 Å². The maximum absolute atomic E-state index is 12.5. The number of carbonyl (C=O) groups is 3. The van der Waals surface area contributed by atoms with Crippen LogP contribution in [-0.2, 0) is 4.79 Å². The molecule has 0 saturated carbocycles. The highest BCUT2D eigenvalue weighted by Crippen LogP contribution is 2.14. The van der Waals surface area contributed by atoms with Crippen molar-refractivity contribution in [2.45, 2.75) is 40.2 Å². The molecule has 0 saturated heterocycles. The summed E-state index contributed by atoms with van der Waals surface area (Å²) in [6.45, 7) is 10.1. The molecule has 2 amide bonds. The van der Waals surface area contributed by atoms with Crippen LogP contribution in [0.25, 0.3) is 0 Å². The second-order valence-corrected chi connectivity index (χ2v) is 6.72. The van der Waals surface area contributed by atoms with E-state index in [1.807, 2.05) is 20.8 Å². The average molecular weight is 343 g/mol. The Morgan fingerprint density at radius 1 is 1.08 bits per heavy atom. The lowest BCUT2D eigenvalue weighted by Gasteiger charge is -2.21. The second kappa shape index (κ2) is 8.43. The van der Waals surface area contributed by atoms with Crippen LogP contribution in [0.15, 0.2) is 24.3 Å². The van der Waals surface area contributed by atoms with Gasteiger partial charge in [-0.15, -0.1) is 0 Å². The summed E-state index contributed by atoms with van der Waals surface area (Å²) in [7, 11) is 0. The Morgan fingerprint density at radius 3 is 1.96 bits per heavy atom. The molecule has 0 radical (unpaired) electrons. The fourth-order valence-corrected chi connectivity index (χ4v) is 2.31. The third-order valence-electron chi connectivity index (χ3n) is 3.63. The van der Waals surface area contributed by atoms with Gasteiger partial charge in [0, 0.05) is 29.8 Å². The number of ketones is 1. The lowest BCUT2D eigenvalue weighted by atomic mass is 9.96. The van der Waals surface area contributed by atoms with Crippen LogP contribution in [0.1, 0.15) is 55.3 Å². The van der Waals surface area contributed by atoms with Gasteiger partial charge in [0.2, 0.25) is 5.91 Å². The number of hydrogen-bond acceptors (Lipinski definition) is 4. The Balaban J connectivity index is 2.97. The summed E-state index contributed by atoms with van der Waals surface area (Å²) in [5.41, 5.74) is 0.280. The van der Waals surface area contributed by atoms with Crippen LogP contribution in [0, 0.1) is 17.2 Å². The van der Waals surface area contributed by atoms with Crippen LogP contribution in [0.5, 0.6) is 0 Å². The molecule has 0 aliphatic rings. The quantitative estimate of drug-likeness (QED) is 0.634. The average Bonchev–Trinajstić information content (AvgIpc) is 2.55. The number of carbonyl (C=O) groups excluding carboxylic acids is 3. The molecule has 6 heteroatoms. The Labute approximate surface area is 148 Å². The van der Waals surface area contributed by atoms with Gasteiger partial charge in [-0.05, 0) is 46.8 Å². The lowest BCUT2D eigenvalue weighted by molar-refractivity contribution is -0.132. The second-order valence-electron chi connectivity index (χ2n) is 6.72. The van der Waals surface area contributed by atoms with Crippen molar-refractivity contribution in [2.75, 3.05) is 13.1 Å². The van der Waals surface area contributed by atoms with Gasteiger partial charge in [0.05, 0.1) is 6.07 Å². The number of nitrogens with one attached hydrogen (secondary N) is 1. The summed E-state index contributed by atoms with van der Waals surface area (Å²) < 4.78 is 0. The molecule has 0 unspecified atom stereocenters. The Kier molecular flexibility index (Phi) is 6.86. The normalized spacial score (nSPS) is 12.0. The standard InChI is InChI=1S/C19H25N3O3/c1-6-22(7-2)18(25)15(12-20)16(23)13-8-10-14(11-9-13)17(24)21-19(3,4)5/h8-11,15H,6-7H2,1-5H3,(H,21,24)/t15-/m0/s1. The van der Waals surface area contributed by atoms with Gasteiger partial charge < -0.3 is 10.2 Å². The summed E-state index contributed by atoms with van der Waals surface area (Å²) in [6, 6.07) is 7.78. The Morgan fingerprint density at radius 2 is 1.56 bits per heavy atom. The number of rotatable bonds is 6. The van der Waals surface area contributed by atoms with Gasteiger partial charge in [0.25, 0.3) is 5.91 Å². The molecule has 1 N–H and O–H groups in total. The van der Waals surface area contributed by atoms with Gasteiger partial charge >= 0.3 is 0 Å². The van der Waals surface area contributed by atoms with E-state index in [1.165, 1.54) is 29.2 Å². The van der Waals surface area contributed by atoms with E-state index in [9.17, 15) is 19.6 Å². The third kappa shape index (κ3) is 5.42. The highest BCUT2D eigenvalue weighted by atomic mass is 16.2. The minimum absolute atomic E-state index is 0.236. The van der Waals surface area contributed by atoms with E-state index in [1.54, 1.807) is 19.9 Å². The Hall–Kier alpha value is -2.68. The van der Waals surface area contributed by atoms with Gasteiger partial charge in [-0.3, -0.25) is 14.4 Å². The summed E-state index contributed by atoms with van der Waals surface area (Å²) in [5.74, 6) is -2.66. The zero-order valence-corrected chi connectivity index (χ0v) is 15.4. The number of Topliss-reactive ketones (excluding diaryl/α,β-unsaturated/α-hetero) is 1. The van der Waals surface area contributed by atoms with Gasteiger partial charge in [-0.2, -0.15) is 5.26 Å². The van der Waals surface area contributed by atoms with E-state index in [0.29, 0.717) is 18.7 Å². The van der Waals surface area contributed by atoms with Crippen molar-refractivity contribution in [1.29, 1.82) is 5.26 Å². The van der Waals surface area contributed by atoms with Crippen LogP contribution in [0.3, 0.4) is 0 Å². The maximum atomic E-state index is 12.5. The van der Waals surface area contributed by atoms with Crippen molar-refractivity contribution >= 4 is 17.6 Å². The van der Waals surface area contributed by atoms with E-state index in [-0.39, 0.29) is 17.0 Å². The van der Waals surface area contributed by atoms with Crippen molar-refractivity contribution in [1.82, 2.24) is 10.2 Å². The smallest absolute Gasteiger partial charge is 0.251 e. The predicted octanol–water partition coefficient (Wildman–Crippen LogP) is 2.41. The van der Waals surface area contributed by atoms with E-state index in [0.717, 1.165) is 0 Å². The van der Waals surface area contributed by atoms with E-state index < -0.39 is 17.6 Å². The first kappa shape index (κ1) is 20.4. The van der Waals surface area contributed by atoms with Crippen LogP contribution in [0.2, 0.25) is 0 Å². The summed E-state index contributed by atoms with van der Waals surface area (Å²) in [5, 5.41) is 12.1. The fraction of sp³-hybridized carbons (Fsp3) is 0.474. The van der Waals surface area contributed by atoms with Gasteiger partial charge in [-0.1, -0.05) is 12.1 Å². The molecule has 0 spiro atoms. The highest BCUT2D eigenvalue weighted by molar-refractivity contribution is 6.12. The zero-order chi connectivity index (χ0) is 19.2. The van der Waals surface area contributed by atoms with Gasteiger partial charge in [0.1, 0.15) is 0 Å². The van der Waals surface area contributed by atoms with Crippen molar-refractivity contribution in [3.63, 3.8) is 0 Å². The first-order chi connectivity index (χ1) is 11.6. The topological polar surface area (TPSA) is 90.3 Å². The molecule has 1 atom stereocenters. The highest BCUT2D eigenvalue weighted by Gasteiger charge is 2.30. The van der Waals surface area contributed by atoms with Crippen LogP contribution < -0.4 is 5.32 Å². The van der Waals surface area contributed by atoms with Crippen molar-refractivity contribution in [2.24, 2.45) is 5.92 Å². The fourth-order valence-electron chi connectivity index (χ4n) is 2.31. The molecule has 0 aromatic heterocycles. The number of nitriles is 1. The number of hydrogen-bond donors (Lipinski definition) is 1. The molecular weight excluding hydrogens is 318 g/mol. The third-order valence-corrected chi connectivity index (χ3v) is 3.63. The van der Waals surface area contributed by atoms with Gasteiger partial charge in [0.15, 0.2) is 11.7 Å². The zero-order valence-electron chi connectivity index (χ0n) is 15.4. The molecule has 6 nitrogen and oxygen atoms in total. The molecule has 134 valence electrons. The molecule has 0 bridgehead atoms. The lowest BCUT2D eigenvalue weighted by Crippen LogP contribution is -2.40. The van der Waals surface area contributed by atoms with Crippen LogP contribution >= 0.6 is 0 Å². The Bertz CT molecular complexity index is 677. The van der Waals surface area contributed by atoms with Crippen molar-refractivity contribution in [3.05, 3.63) is 35.4 Å². The van der Waals surface area contributed by atoms with E-state index in [4.69, 9.17) is 0 Å².